The molecule has 0 unspecified atom stereocenters. The van der Waals surface area contributed by atoms with Crippen molar-refractivity contribution >= 4 is 33.0 Å². The van der Waals surface area contributed by atoms with E-state index in [-0.39, 0.29) is 5.56 Å². The van der Waals surface area contributed by atoms with Crippen LogP contribution in [0.5, 0.6) is 0 Å². The van der Waals surface area contributed by atoms with Crippen molar-refractivity contribution in [3.05, 3.63) is 65.7 Å². The molecule has 152 valence electrons. The van der Waals surface area contributed by atoms with Gasteiger partial charge in [0.2, 0.25) is 10.0 Å². The van der Waals surface area contributed by atoms with Crippen molar-refractivity contribution in [2.75, 3.05) is 11.9 Å². The fourth-order valence-corrected chi connectivity index (χ4v) is 4.03. The van der Waals surface area contributed by atoms with Crippen molar-refractivity contribution in [1.82, 2.24) is 9.71 Å². The van der Waals surface area contributed by atoms with Gasteiger partial charge in [-0.3, -0.25) is 4.79 Å². The van der Waals surface area contributed by atoms with Crippen LogP contribution in [0, 0.1) is 0 Å². The van der Waals surface area contributed by atoms with Crippen LogP contribution in [0.3, 0.4) is 0 Å². The second-order valence-electron chi connectivity index (χ2n) is 5.84. The lowest BCUT2D eigenvalue weighted by molar-refractivity contribution is -0.121. The fourth-order valence-electron chi connectivity index (χ4n) is 2.33. The molecule has 0 aliphatic rings. The van der Waals surface area contributed by atoms with Crippen molar-refractivity contribution in [2.45, 2.75) is 11.1 Å². The molecular formula is C18H14F3N3O3S2. The number of thiazole rings is 1. The average Bonchev–Trinajstić information content (AvgIpc) is 3.21. The molecule has 0 bridgehead atoms. The molecule has 0 atom stereocenters. The molecule has 6 nitrogen and oxygen atoms in total. The number of sulfonamides is 1. The van der Waals surface area contributed by atoms with Crippen LogP contribution in [0.4, 0.5) is 18.9 Å². The molecule has 1 aromatic heterocycles. The van der Waals surface area contributed by atoms with Crippen molar-refractivity contribution in [3.8, 4) is 10.6 Å². The number of nitrogens with zero attached hydrogens (tertiary/aromatic N) is 1. The van der Waals surface area contributed by atoms with E-state index in [9.17, 15) is 26.4 Å². The second kappa shape index (κ2) is 8.31. The highest BCUT2D eigenvalue weighted by Gasteiger charge is 2.30. The molecule has 29 heavy (non-hydrogen) atoms. The molecule has 0 fully saturated rings. The Morgan fingerprint density at radius 2 is 1.83 bits per heavy atom. The first-order valence-corrected chi connectivity index (χ1v) is 10.5. The minimum absolute atomic E-state index is 0.0103. The predicted molar refractivity (Wildman–Crippen MR) is 103 cm³/mol. The highest BCUT2D eigenvalue weighted by atomic mass is 32.2. The van der Waals surface area contributed by atoms with Crippen LogP contribution < -0.4 is 10.0 Å². The normalized spacial score (nSPS) is 12.0. The van der Waals surface area contributed by atoms with Gasteiger partial charge in [0.25, 0.3) is 5.91 Å². The Morgan fingerprint density at radius 1 is 1.10 bits per heavy atom. The molecule has 0 saturated heterocycles. The monoisotopic (exact) mass is 441 g/mol. The van der Waals surface area contributed by atoms with Crippen LogP contribution in [0.2, 0.25) is 0 Å². The van der Waals surface area contributed by atoms with Gasteiger partial charge in [-0.05, 0) is 42.5 Å². The topological polar surface area (TPSA) is 88.2 Å². The summed E-state index contributed by atoms with van der Waals surface area (Å²) in [6.45, 7) is -1.70. The summed E-state index contributed by atoms with van der Waals surface area (Å²) in [6.07, 6.45) is -3.01. The Bertz CT molecular complexity index is 1100. The summed E-state index contributed by atoms with van der Waals surface area (Å²) in [5.74, 6) is -0.597. The van der Waals surface area contributed by atoms with Crippen molar-refractivity contribution in [2.24, 2.45) is 0 Å². The molecular weight excluding hydrogens is 427 g/mol. The third-order valence-corrected chi connectivity index (χ3v) is 5.91. The van der Waals surface area contributed by atoms with Gasteiger partial charge in [-0.15, -0.1) is 11.3 Å². The number of aromatic nitrogens is 1. The lowest BCUT2D eigenvalue weighted by Crippen LogP contribution is -2.33. The zero-order valence-corrected chi connectivity index (χ0v) is 16.2. The molecule has 3 aromatic rings. The summed E-state index contributed by atoms with van der Waals surface area (Å²) >= 11 is 1.47. The lowest BCUT2D eigenvalue weighted by Gasteiger charge is -2.11. The number of rotatable bonds is 6. The highest BCUT2D eigenvalue weighted by molar-refractivity contribution is 7.89. The predicted octanol–water partition coefficient (Wildman–Crippen LogP) is 3.90. The van der Waals surface area contributed by atoms with E-state index in [4.69, 9.17) is 0 Å². The van der Waals surface area contributed by atoms with Gasteiger partial charge < -0.3 is 5.32 Å². The van der Waals surface area contributed by atoms with Gasteiger partial charge in [-0.2, -0.15) is 13.2 Å². The minimum atomic E-state index is -4.69. The van der Waals surface area contributed by atoms with Gasteiger partial charge in [-0.1, -0.05) is 6.07 Å². The third-order valence-electron chi connectivity index (χ3n) is 3.69. The number of hydrogen-bond donors (Lipinski definition) is 2. The van der Waals surface area contributed by atoms with E-state index in [1.165, 1.54) is 28.2 Å². The molecule has 1 amide bonds. The lowest BCUT2D eigenvalue weighted by atomic mass is 10.2. The molecule has 11 heteroatoms. The van der Waals surface area contributed by atoms with Crippen molar-refractivity contribution < 1.29 is 26.4 Å². The van der Waals surface area contributed by atoms with E-state index in [1.807, 2.05) is 5.38 Å². The van der Waals surface area contributed by atoms with Gasteiger partial charge in [-0.25, -0.2) is 18.1 Å². The number of amides is 1. The number of hydrogen-bond acceptors (Lipinski definition) is 5. The number of anilines is 1. The van der Waals surface area contributed by atoms with Crippen LogP contribution in [0.25, 0.3) is 10.6 Å². The first-order chi connectivity index (χ1) is 13.6. The van der Waals surface area contributed by atoms with Gasteiger partial charge in [0.05, 0.1) is 4.90 Å². The van der Waals surface area contributed by atoms with Gasteiger partial charge in [0, 0.05) is 28.4 Å². The van der Waals surface area contributed by atoms with Crippen molar-refractivity contribution in [1.29, 1.82) is 0 Å². The number of nitrogens with one attached hydrogen (secondary N) is 2. The standard InChI is InChI=1S/C18H14F3N3O3S2/c19-18(20,21)11-23-29(26,27)15-3-1-2-13(10-15)16(25)24-14-6-4-12(5-7-14)17-22-8-9-28-17/h1-10,23H,11H2,(H,24,25). The summed E-state index contributed by atoms with van der Waals surface area (Å²) in [6, 6.07) is 11.6. The maximum Gasteiger partial charge on any atom is 0.402 e. The summed E-state index contributed by atoms with van der Waals surface area (Å²) in [7, 11) is -4.41. The van der Waals surface area contributed by atoms with Gasteiger partial charge >= 0.3 is 6.18 Å². The van der Waals surface area contributed by atoms with E-state index >= 15 is 0 Å². The second-order valence-corrected chi connectivity index (χ2v) is 8.50. The first-order valence-electron chi connectivity index (χ1n) is 8.12. The summed E-state index contributed by atoms with van der Waals surface area (Å²) in [5, 5.41) is 5.28. The van der Waals surface area contributed by atoms with Crippen LogP contribution in [-0.4, -0.2) is 32.0 Å². The molecule has 0 saturated carbocycles. The molecule has 0 aliphatic heterocycles. The minimum Gasteiger partial charge on any atom is -0.322 e. The van der Waals surface area contributed by atoms with Crippen LogP contribution >= 0.6 is 11.3 Å². The van der Waals surface area contributed by atoms with Crippen LogP contribution in [0.1, 0.15) is 10.4 Å². The number of benzene rings is 2. The largest absolute Gasteiger partial charge is 0.402 e. The molecule has 3 rings (SSSR count). The maximum atomic E-state index is 12.4. The molecule has 0 spiro atoms. The summed E-state index contributed by atoms with van der Waals surface area (Å²) in [4.78, 5) is 16.2. The van der Waals surface area contributed by atoms with Crippen LogP contribution in [0.15, 0.2) is 65.0 Å². The highest BCUT2D eigenvalue weighted by Crippen LogP contribution is 2.23. The van der Waals surface area contributed by atoms with Crippen LogP contribution in [-0.2, 0) is 10.0 Å². The first kappa shape index (κ1) is 21.0. The van der Waals surface area contributed by atoms with E-state index < -0.39 is 33.5 Å². The Kier molecular flexibility index (Phi) is 6.01. The fraction of sp³-hybridized carbons (Fsp3) is 0.111. The number of alkyl halides is 3. The number of carbonyl (C=O) groups is 1. The average molecular weight is 441 g/mol. The third kappa shape index (κ3) is 5.62. The zero-order chi connectivity index (χ0) is 21.1. The van der Waals surface area contributed by atoms with E-state index in [1.54, 1.807) is 30.5 Å². The Hall–Kier alpha value is -2.76. The van der Waals surface area contributed by atoms with E-state index in [0.717, 1.165) is 22.7 Å². The maximum absolute atomic E-state index is 12.4. The van der Waals surface area contributed by atoms with Crippen molar-refractivity contribution in [3.63, 3.8) is 0 Å². The summed E-state index contributed by atoms with van der Waals surface area (Å²) < 4.78 is 62.3. The van der Waals surface area contributed by atoms with Gasteiger partial charge in [0.15, 0.2) is 0 Å². The smallest absolute Gasteiger partial charge is 0.322 e. The quantitative estimate of drug-likeness (QED) is 0.607. The zero-order valence-electron chi connectivity index (χ0n) is 14.6. The molecule has 0 radical (unpaired) electrons. The SMILES string of the molecule is O=C(Nc1ccc(-c2nccs2)cc1)c1cccc(S(=O)(=O)NCC(F)(F)F)c1. The Morgan fingerprint density at radius 3 is 2.45 bits per heavy atom. The molecule has 1 heterocycles. The van der Waals surface area contributed by atoms with E-state index in [0.29, 0.717) is 5.69 Å². The Labute approximate surface area is 168 Å². The number of carbonyl (C=O) groups excluding carboxylic acids is 1. The number of halogens is 3. The van der Waals surface area contributed by atoms with Gasteiger partial charge in [0.1, 0.15) is 11.6 Å². The summed E-state index contributed by atoms with van der Waals surface area (Å²) in [5.41, 5.74) is 1.34. The molecule has 2 N–H and O–H groups in total. The van der Waals surface area contributed by atoms with E-state index in [2.05, 4.69) is 10.3 Å². The molecule has 0 aliphatic carbocycles. The molecule has 2 aromatic carbocycles. The Balaban J connectivity index is 1.72.